The van der Waals surface area contributed by atoms with Crippen molar-refractivity contribution in [3.63, 3.8) is 0 Å². The molecule has 2 aromatic heterocycles. The number of carbonyl (C=O) groups is 1. The van der Waals surface area contributed by atoms with Crippen LogP contribution in [0.25, 0.3) is 6.08 Å². The van der Waals surface area contributed by atoms with E-state index in [1.165, 1.54) is 17.4 Å². The Hall–Kier alpha value is -2.11. The van der Waals surface area contributed by atoms with Crippen LogP contribution in [0.1, 0.15) is 32.3 Å². The number of aryl methyl sites for hydroxylation is 2. The number of allylic oxidation sites excluding steroid dienone is 1. The maximum atomic E-state index is 12.0. The third-order valence-electron chi connectivity index (χ3n) is 3.47. The summed E-state index contributed by atoms with van der Waals surface area (Å²) in [4.78, 5) is 12.7. The summed E-state index contributed by atoms with van der Waals surface area (Å²) in [7, 11) is 0. The minimum atomic E-state index is -0.0415. The minimum Gasteiger partial charge on any atom is -0.486 e. The van der Waals surface area contributed by atoms with Gasteiger partial charge < -0.3 is 9.15 Å². The zero-order chi connectivity index (χ0) is 17.8. The molecule has 0 saturated heterocycles. The molecule has 0 aliphatic carbocycles. The molecule has 0 bridgehead atoms. The van der Waals surface area contributed by atoms with E-state index in [4.69, 9.17) is 9.15 Å². The first-order chi connectivity index (χ1) is 12.0. The molecular formula is C20H17BrO3S. The lowest BCUT2D eigenvalue weighted by Gasteiger charge is -2.06. The quantitative estimate of drug-likeness (QED) is 0.354. The Morgan fingerprint density at radius 3 is 2.64 bits per heavy atom. The molecule has 0 saturated carbocycles. The van der Waals surface area contributed by atoms with Crippen LogP contribution in [0.15, 0.2) is 56.7 Å². The molecular weight excluding hydrogens is 400 g/mol. The van der Waals surface area contributed by atoms with Gasteiger partial charge in [-0.05, 0) is 83.4 Å². The van der Waals surface area contributed by atoms with Crippen molar-refractivity contribution in [1.29, 1.82) is 0 Å². The molecule has 3 rings (SSSR count). The lowest BCUT2D eigenvalue weighted by molar-refractivity contribution is 0.105. The predicted octanol–water partition coefficient (Wildman–Crippen LogP) is 6.20. The molecule has 0 amide bonds. The molecule has 0 spiro atoms. The van der Waals surface area contributed by atoms with Gasteiger partial charge in [0.05, 0.1) is 4.88 Å². The van der Waals surface area contributed by atoms with Crippen molar-refractivity contribution in [3.8, 4) is 5.75 Å². The molecule has 0 fully saturated rings. The average molecular weight is 417 g/mol. The maximum absolute atomic E-state index is 12.0. The largest absolute Gasteiger partial charge is 0.486 e. The second-order valence-corrected chi connectivity index (χ2v) is 7.57. The molecule has 0 atom stereocenters. The topological polar surface area (TPSA) is 39.4 Å². The Kier molecular flexibility index (Phi) is 5.56. The maximum Gasteiger partial charge on any atom is 0.195 e. The molecule has 2 heterocycles. The van der Waals surface area contributed by atoms with Gasteiger partial charge in [-0.1, -0.05) is 6.07 Å². The molecule has 128 valence electrons. The van der Waals surface area contributed by atoms with E-state index in [0.29, 0.717) is 23.0 Å². The van der Waals surface area contributed by atoms with E-state index in [-0.39, 0.29) is 5.78 Å². The zero-order valence-electron chi connectivity index (χ0n) is 13.9. The van der Waals surface area contributed by atoms with Gasteiger partial charge >= 0.3 is 0 Å². The summed E-state index contributed by atoms with van der Waals surface area (Å²) in [6.07, 6.45) is 3.20. The van der Waals surface area contributed by atoms with Gasteiger partial charge in [-0.15, -0.1) is 11.3 Å². The van der Waals surface area contributed by atoms with Crippen LogP contribution in [-0.4, -0.2) is 5.78 Å². The monoisotopic (exact) mass is 416 g/mol. The Morgan fingerprint density at radius 2 is 1.96 bits per heavy atom. The first-order valence-electron chi connectivity index (χ1n) is 7.76. The van der Waals surface area contributed by atoms with E-state index in [1.54, 1.807) is 6.08 Å². The summed E-state index contributed by atoms with van der Waals surface area (Å²) < 4.78 is 12.4. The molecule has 3 nitrogen and oxygen atoms in total. The molecule has 0 unspecified atom stereocenters. The summed E-state index contributed by atoms with van der Waals surface area (Å²) in [6, 6.07) is 11.6. The fourth-order valence-electron chi connectivity index (χ4n) is 2.41. The number of halogens is 1. The first kappa shape index (κ1) is 17.7. The Bertz CT molecular complexity index is 900. The molecule has 0 N–H and O–H groups in total. The van der Waals surface area contributed by atoms with Gasteiger partial charge in [0.1, 0.15) is 23.9 Å². The van der Waals surface area contributed by atoms with Gasteiger partial charge in [0, 0.05) is 9.85 Å². The highest BCUT2D eigenvalue weighted by Gasteiger charge is 2.06. The summed E-state index contributed by atoms with van der Waals surface area (Å²) in [5.41, 5.74) is 2.33. The number of benzene rings is 1. The number of carbonyl (C=O) groups excluding carboxylic acids is 1. The van der Waals surface area contributed by atoms with Crippen LogP contribution in [0.3, 0.4) is 0 Å². The molecule has 25 heavy (non-hydrogen) atoms. The number of rotatable bonds is 6. The van der Waals surface area contributed by atoms with Gasteiger partial charge in [0.2, 0.25) is 0 Å². The number of hydrogen-bond donors (Lipinski definition) is 0. The van der Waals surface area contributed by atoms with E-state index in [0.717, 1.165) is 21.3 Å². The number of thiophene rings is 1. The van der Waals surface area contributed by atoms with E-state index in [1.807, 2.05) is 49.6 Å². The molecule has 3 aromatic rings. The number of ketones is 1. The van der Waals surface area contributed by atoms with E-state index >= 15 is 0 Å². The van der Waals surface area contributed by atoms with Crippen LogP contribution in [-0.2, 0) is 6.61 Å². The summed E-state index contributed by atoms with van der Waals surface area (Å²) >= 11 is 4.75. The number of hydrogen-bond acceptors (Lipinski definition) is 4. The lowest BCUT2D eigenvalue weighted by Crippen LogP contribution is -1.94. The SMILES string of the molecule is Cc1cc(C)cc(OCc2ccc(/C=C/C(=O)c3cc(Br)cs3)o2)c1. The van der Waals surface area contributed by atoms with Crippen molar-refractivity contribution in [2.45, 2.75) is 20.5 Å². The van der Waals surface area contributed by atoms with Crippen molar-refractivity contribution < 1.29 is 13.9 Å². The van der Waals surface area contributed by atoms with E-state index in [9.17, 15) is 4.79 Å². The van der Waals surface area contributed by atoms with Gasteiger partial charge in [0.15, 0.2) is 5.78 Å². The van der Waals surface area contributed by atoms with Gasteiger partial charge in [-0.2, -0.15) is 0 Å². The second kappa shape index (κ2) is 7.85. The molecule has 0 radical (unpaired) electrons. The average Bonchev–Trinajstić information content (AvgIpc) is 3.19. The molecule has 5 heteroatoms. The minimum absolute atomic E-state index is 0.0415. The van der Waals surface area contributed by atoms with Gasteiger partial charge in [-0.25, -0.2) is 0 Å². The van der Waals surface area contributed by atoms with Crippen LogP contribution in [0.2, 0.25) is 0 Å². The fourth-order valence-corrected chi connectivity index (χ4v) is 3.76. The summed E-state index contributed by atoms with van der Waals surface area (Å²) in [5.74, 6) is 2.12. The van der Waals surface area contributed by atoms with Crippen molar-refractivity contribution >= 4 is 39.1 Å². The fraction of sp³-hybridized carbons (Fsp3) is 0.150. The smallest absolute Gasteiger partial charge is 0.195 e. The van der Waals surface area contributed by atoms with Gasteiger partial charge in [0.25, 0.3) is 0 Å². The van der Waals surface area contributed by atoms with Crippen molar-refractivity contribution in [1.82, 2.24) is 0 Å². The van der Waals surface area contributed by atoms with Crippen molar-refractivity contribution in [2.75, 3.05) is 0 Å². The van der Waals surface area contributed by atoms with Crippen LogP contribution in [0.5, 0.6) is 5.75 Å². The molecule has 0 aliphatic rings. The van der Waals surface area contributed by atoms with Crippen LogP contribution < -0.4 is 4.74 Å². The standard InChI is InChI=1S/C20H17BrO3S/c1-13-7-14(2)9-18(8-13)23-11-17-4-3-16(24-17)5-6-19(22)20-10-15(21)12-25-20/h3-10,12H,11H2,1-2H3/b6-5+. The first-order valence-corrected chi connectivity index (χ1v) is 9.43. The number of furan rings is 1. The third-order valence-corrected chi connectivity index (χ3v) is 5.17. The highest BCUT2D eigenvalue weighted by Crippen LogP contribution is 2.21. The highest BCUT2D eigenvalue weighted by atomic mass is 79.9. The van der Waals surface area contributed by atoms with Crippen molar-refractivity contribution in [2.24, 2.45) is 0 Å². The Morgan fingerprint density at radius 1 is 1.20 bits per heavy atom. The molecule has 1 aromatic carbocycles. The van der Waals surface area contributed by atoms with Crippen LogP contribution >= 0.6 is 27.3 Å². The molecule has 0 aliphatic heterocycles. The van der Waals surface area contributed by atoms with E-state index in [2.05, 4.69) is 22.0 Å². The second-order valence-electron chi connectivity index (χ2n) is 5.74. The van der Waals surface area contributed by atoms with E-state index < -0.39 is 0 Å². The predicted molar refractivity (Wildman–Crippen MR) is 104 cm³/mol. The lowest BCUT2D eigenvalue weighted by atomic mass is 10.1. The van der Waals surface area contributed by atoms with Crippen molar-refractivity contribution in [3.05, 3.63) is 79.9 Å². The Labute approximate surface area is 159 Å². The van der Waals surface area contributed by atoms with Crippen LogP contribution in [0.4, 0.5) is 0 Å². The third kappa shape index (κ3) is 4.94. The normalized spacial score (nSPS) is 11.2. The highest BCUT2D eigenvalue weighted by molar-refractivity contribution is 9.10. The van der Waals surface area contributed by atoms with Gasteiger partial charge in [-0.3, -0.25) is 4.79 Å². The Balaban J connectivity index is 1.60. The van der Waals surface area contributed by atoms with Crippen LogP contribution in [0, 0.1) is 13.8 Å². The summed E-state index contributed by atoms with van der Waals surface area (Å²) in [6.45, 7) is 4.43. The zero-order valence-corrected chi connectivity index (χ0v) is 16.3. The summed E-state index contributed by atoms with van der Waals surface area (Å²) in [5, 5.41) is 1.89. The number of ether oxygens (including phenoxy) is 1.